The summed E-state index contributed by atoms with van der Waals surface area (Å²) in [6.07, 6.45) is 1.59. The van der Waals surface area contributed by atoms with E-state index in [9.17, 15) is 18.0 Å². The molecule has 0 radical (unpaired) electrons. The Bertz CT molecular complexity index is 1820. The molecule has 4 heterocycles. The first kappa shape index (κ1) is 27.6. The third-order valence-electron chi connectivity index (χ3n) is 7.60. The summed E-state index contributed by atoms with van der Waals surface area (Å²) >= 11 is 0. The van der Waals surface area contributed by atoms with Crippen molar-refractivity contribution in [2.75, 3.05) is 31.0 Å². The Balaban J connectivity index is 1.41. The number of sulfonamides is 1. The minimum Gasteiger partial charge on any atom is -0.475 e. The van der Waals surface area contributed by atoms with Gasteiger partial charge in [0.25, 0.3) is 21.5 Å². The second kappa shape index (κ2) is 11.0. The van der Waals surface area contributed by atoms with Crippen molar-refractivity contribution in [3.63, 3.8) is 0 Å². The highest BCUT2D eigenvalue weighted by Gasteiger charge is 2.33. The molecule has 42 heavy (non-hydrogen) atoms. The molecule has 1 amide bonds. The van der Waals surface area contributed by atoms with E-state index >= 15 is 0 Å². The first-order chi connectivity index (χ1) is 20.2. The normalized spacial score (nSPS) is 18.5. The van der Waals surface area contributed by atoms with Gasteiger partial charge < -0.3 is 14.6 Å². The lowest BCUT2D eigenvalue weighted by Gasteiger charge is -2.41. The summed E-state index contributed by atoms with van der Waals surface area (Å²) in [6.45, 7) is 5.78. The number of benzene rings is 2. The Morgan fingerprint density at radius 1 is 0.976 bits per heavy atom. The van der Waals surface area contributed by atoms with Gasteiger partial charge in [-0.05, 0) is 49.2 Å². The molecule has 1 fully saturated rings. The molecule has 1 saturated heterocycles. The molecule has 0 spiro atoms. The summed E-state index contributed by atoms with van der Waals surface area (Å²) in [4.78, 5) is 41.4. The molecule has 11 nitrogen and oxygen atoms in total. The van der Waals surface area contributed by atoms with E-state index in [2.05, 4.69) is 24.6 Å². The van der Waals surface area contributed by atoms with E-state index in [4.69, 9.17) is 4.74 Å². The summed E-state index contributed by atoms with van der Waals surface area (Å²) in [5, 5.41) is 0. The average molecular weight is 587 g/mol. The van der Waals surface area contributed by atoms with Crippen molar-refractivity contribution in [2.24, 2.45) is 0 Å². The molecule has 2 aromatic carbocycles. The summed E-state index contributed by atoms with van der Waals surface area (Å²) < 4.78 is 35.5. The maximum atomic E-state index is 13.7. The fourth-order valence-electron chi connectivity index (χ4n) is 5.51. The number of anilines is 1. The summed E-state index contributed by atoms with van der Waals surface area (Å²) in [7, 11) is -4.12. The van der Waals surface area contributed by atoms with Crippen LogP contribution in [0.15, 0.2) is 76.6 Å². The number of fused-ring (bicyclic) bond motifs is 5. The summed E-state index contributed by atoms with van der Waals surface area (Å²) in [6, 6.07) is 16.7. The van der Waals surface area contributed by atoms with Gasteiger partial charge in [0.2, 0.25) is 11.8 Å². The molecule has 12 heteroatoms. The molecule has 0 unspecified atom stereocenters. The van der Waals surface area contributed by atoms with Crippen LogP contribution in [0, 0.1) is 13.8 Å². The van der Waals surface area contributed by atoms with Gasteiger partial charge in [-0.25, -0.2) is 18.1 Å². The summed E-state index contributed by atoms with van der Waals surface area (Å²) in [5.74, 6) is -0.256. The van der Waals surface area contributed by atoms with Gasteiger partial charge >= 0.3 is 0 Å². The first-order valence-electron chi connectivity index (χ1n) is 13.6. The Morgan fingerprint density at radius 2 is 1.76 bits per heavy atom. The van der Waals surface area contributed by atoms with Crippen LogP contribution >= 0.6 is 0 Å². The minimum atomic E-state index is -4.12. The average Bonchev–Trinajstić information content (AvgIpc) is 2.96. The van der Waals surface area contributed by atoms with Crippen LogP contribution in [0.2, 0.25) is 0 Å². The van der Waals surface area contributed by atoms with Crippen LogP contribution in [0.1, 0.15) is 27.0 Å². The molecule has 4 bridgehead atoms. The van der Waals surface area contributed by atoms with E-state index in [1.54, 1.807) is 41.4 Å². The van der Waals surface area contributed by atoms with Crippen molar-refractivity contribution >= 4 is 21.9 Å². The third kappa shape index (κ3) is 5.50. The molecule has 4 aromatic rings. The van der Waals surface area contributed by atoms with Crippen LogP contribution < -0.4 is 15.0 Å². The van der Waals surface area contributed by atoms with Gasteiger partial charge in [0.05, 0.1) is 16.6 Å². The van der Waals surface area contributed by atoms with Crippen molar-refractivity contribution < 1.29 is 17.9 Å². The van der Waals surface area contributed by atoms with Crippen molar-refractivity contribution in [1.82, 2.24) is 24.8 Å². The molecule has 1 atom stereocenters. The van der Waals surface area contributed by atoms with Gasteiger partial charge in [-0.3, -0.25) is 14.5 Å². The Hall–Kier alpha value is -4.55. The van der Waals surface area contributed by atoms with Crippen LogP contribution in [0.5, 0.6) is 5.88 Å². The number of aromatic amines is 1. The van der Waals surface area contributed by atoms with Crippen LogP contribution in [0.25, 0.3) is 11.3 Å². The maximum absolute atomic E-state index is 13.7. The van der Waals surface area contributed by atoms with E-state index in [1.807, 2.05) is 32.0 Å². The fraction of sp³-hybridized carbons (Fsp3) is 0.267. The predicted octanol–water partition coefficient (Wildman–Crippen LogP) is 2.97. The van der Waals surface area contributed by atoms with Crippen LogP contribution in [0.3, 0.4) is 0 Å². The molecular formula is C30H30N6O5S. The first-order valence-corrected chi connectivity index (χ1v) is 15.1. The topological polar surface area (TPSA) is 138 Å². The van der Waals surface area contributed by atoms with Crippen molar-refractivity contribution in [1.29, 1.82) is 0 Å². The number of carbonyl (C=O) groups excluding carboxylic acids is 1. The van der Waals surface area contributed by atoms with E-state index in [0.29, 0.717) is 37.4 Å². The number of nitrogens with zero attached hydrogens (tertiary/aromatic N) is 4. The Morgan fingerprint density at radius 3 is 2.55 bits per heavy atom. The molecule has 2 aromatic heterocycles. The number of nitrogens with one attached hydrogen (secondary N) is 2. The zero-order chi connectivity index (χ0) is 29.4. The predicted molar refractivity (Wildman–Crippen MR) is 157 cm³/mol. The second-order valence-electron chi connectivity index (χ2n) is 10.5. The summed E-state index contributed by atoms with van der Waals surface area (Å²) in [5.41, 5.74) is 4.03. The SMILES string of the molecule is Cc1cccc(C)c1-c1cc2nc(n1)NS(=O)(=O)c1cccc(c1)C(=O)N1CCN(Cc3ccc[nH]c3=O)C[C@@H]1CO2. The number of amides is 1. The van der Waals surface area contributed by atoms with Crippen LogP contribution in [-0.4, -0.2) is 71.4 Å². The van der Waals surface area contributed by atoms with Gasteiger partial charge in [0.15, 0.2) is 0 Å². The quantitative estimate of drug-likeness (QED) is 0.374. The third-order valence-corrected chi connectivity index (χ3v) is 8.93. The van der Waals surface area contributed by atoms with Crippen LogP contribution in [-0.2, 0) is 16.6 Å². The molecular weight excluding hydrogens is 556 g/mol. The Kier molecular flexibility index (Phi) is 7.25. The van der Waals surface area contributed by atoms with Crippen LogP contribution in [0.4, 0.5) is 5.95 Å². The van der Waals surface area contributed by atoms with Gasteiger partial charge in [-0.15, -0.1) is 0 Å². The largest absolute Gasteiger partial charge is 0.475 e. The zero-order valence-corrected chi connectivity index (χ0v) is 24.0. The van der Waals surface area contributed by atoms with Gasteiger partial charge in [-0.1, -0.05) is 30.3 Å². The number of carbonyl (C=O) groups is 1. The number of aromatic nitrogens is 3. The number of aryl methyl sites for hydroxylation is 2. The molecule has 2 aliphatic rings. The molecule has 0 saturated carbocycles. The number of pyridine rings is 1. The fourth-order valence-corrected chi connectivity index (χ4v) is 6.50. The number of rotatable bonds is 3. The highest BCUT2D eigenvalue weighted by Crippen LogP contribution is 2.30. The smallest absolute Gasteiger partial charge is 0.264 e. The second-order valence-corrected chi connectivity index (χ2v) is 12.2. The highest BCUT2D eigenvalue weighted by molar-refractivity contribution is 7.92. The Labute approximate surface area is 243 Å². The molecule has 2 N–H and O–H groups in total. The van der Waals surface area contributed by atoms with Crippen molar-refractivity contribution in [2.45, 2.75) is 31.3 Å². The van der Waals surface area contributed by atoms with E-state index < -0.39 is 16.1 Å². The zero-order valence-electron chi connectivity index (χ0n) is 23.2. The lowest BCUT2D eigenvalue weighted by atomic mass is 10.00. The highest BCUT2D eigenvalue weighted by atomic mass is 32.2. The number of hydrogen-bond acceptors (Lipinski definition) is 8. The monoisotopic (exact) mass is 586 g/mol. The lowest BCUT2D eigenvalue weighted by Crippen LogP contribution is -2.57. The lowest BCUT2D eigenvalue weighted by molar-refractivity contribution is 0.0309. The van der Waals surface area contributed by atoms with Crippen molar-refractivity contribution in [3.8, 4) is 17.1 Å². The van der Waals surface area contributed by atoms with Crippen molar-refractivity contribution in [3.05, 3.63) is 99.5 Å². The van der Waals surface area contributed by atoms with Gasteiger partial charge in [0.1, 0.15) is 6.61 Å². The van der Waals surface area contributed by atoms with E-state index in [0.717, 1.165) is 16.7 Å². The maximum Gasteiger partial charge on any atom is 0.264 e. The number of H-pyrrole nitrogens is 1. The van der Waals surface area contributed by atoms with E-state index in [-0.39, 0.29) is 40.4 Å². The molecule has 6 rings (SSSR count). The number of hydrogen-bond donors (Lipinski definition) is 2. The number of ether oxygens (including phenoxy) is 1. The van der Waals surface area contributed by atoms with E-state index in [1.165, 1.54) is 12.1 Å². The minimum absolute atomic E-state index is 0.0744. The van der Waals surface area contributed by atoms with Gasteiger partial charge in [0, 0.05) is 55.1 Å². The van der Waals surface area contributed by atoms with Gasteiger partial charge in [-0.2, -0.15) is 4.98 Å². The molecule has 216 valence electrons. The number of piperazine rings is 1. The molecule has 2 aliphatic heterocycles. The molecule has 0 aliphatic carbocycles. The standard InChI is InChI=1S/C30H30N6O5S/c1-19-6-3-7-20(2)27(19)25-15-26-33-30(32-25)34-42(39,40)24-10-4-8-21(14-24)29(38)36-13-12-35(17-23(36)18-41-26)16-22-9-5-11-31-28(22)37/h3-11,14-15,23H,12-13,16-18H2,1-2H3,(H,31,37)(H,32,33,34)/t23-/m1/s1.